The first-order chi connectivity index (χ1) is 12.6. The molecule has 0 fully saturated rings. The lowest BCUT2D eigenvalue weighted by molar-refractivity contribution is -0.116. The van der Waals surface area contributed by atoms with Gasteiger partial charge in [-0.25, -0.2) is 4.39 Å². The number of halogens is 1. The van der Waals surface area contributed by atoms with Crippen LogP contribution >= 0.6 is 0 Å². The largest absolute Gasteiger partial charge is 0.350 e. The van der Waals surface area contributed by atoms with Crippen molar-refractivity contribution in [2.45, 2.75) is 25.3 Å². The van der Waals surface area contributed by atoms with E-state index in [9.17, 15) is 14.0 Å². The molecule has 1 unspecified atom stereocenters. The summed E-state index contributed by atoms with van der Waals surface area (Å²) in [5.74, 6) is -1.19. The molecule has 2 aliphatic heterocycles. The minimum Gasteiger partial charge on any atom is -0.350 e. The fourth-order valence-corrected chi connectivity index (χ4v) is 3.64. The number of carbonyl (C=O) groups is 2. The van der Waals surface area contributed by atoms with Gasteiger partial charge in [-0.2, -0.15) is 0 Å². The van der Waals surface area contributed by atoms with Crippen LogP contribution < -0.4 is 16.0 Å². The van der Waals surface area contributed by atoms with Crippen molar-refractivity contribution in [3.63, 3.8) is 0 Å². The molecule has 0 aromatic heterocycles. The SMILES string of the molecule is O=C1CCc2cc(C(=O)NCC3NCCc4ccccc43)c(F)cc2N1. The van der Waals surface area contributed by atoms with Gasteiger partial charge in [0.05, 0.1) is 5.56 Å². The van der Waals surface area contributed by atoms with Gasteiger partial charge in [-0.05, 0) is 48.2 Å². The van der Waals surface area contributed by atoms with Crippen molar-refractivity contribution < 1.29 is 14.0 Å². The number of fused-ring (bicyclic) bond motifs is 2. The minimum absolute atomic E-state index is 0.0175. The van der Waals surface area contributed by atoms with Crippen molar-refractivity contribution >= 4 is 17.5 Å². The number of benzene rings is 2. The lowest BCUT2D eigenvalue weighted by Crippen LogP contribution is -2.39. The lowest BCUT2D eigenvalue weighted by Gasteiger charge is -2.27. The maximum absolute atomic E-state index is 14.3. The van der Waals surface area contributed by atoms with Crippen LogP contribution in [0.25, 0.3) is 0 Å². The monoisotopic (exact) mass is 353 g/mol. The maximum Gasteiger partial charge on any atom is 0.254 e. The molecule has 5 nitrogen and oxygen atoms in total. The summed E-state index contributed by atoms with van der Waals surface area (Å²) < 4.78 is 14.3. The number of hydrogen-bond acceptors (Lipinski definition) is 3. The van der Waals surface area contributed by atoms with E-state index < -0.39 is 11.7 Å². The highest BCUT2D eigenvalue weighted by Crippen LogP contribution is 2.26. The van der Waals surface area contributed by atoms with Gasteiger partial charge in [-0.15, -0.1) is 0 Å². The van der Waals surface area contributed by atoms with E-state index in [0.717, 1.165) is 18.5 Å². The van der Waals surface area contributed by atoms with Crippen LogP contribution in [-0.2, 0) is 17.6 Å². The lowest BCUT2D eigenvalue weighted by atomic mass is 9.94. The predicted molar refractivity (Wildman–Crippen MR) is 96.6 cm³/mol. The molecule has 2 aliphatic rings. The van der Waals surface area contributed by atoms with Crippen LogP contribution in [0.1, 0.15) is 39.5 Å². The Morgan fingerprint density at radius 1 is 1.15 bits per heavy atom. The van der Waals surface area contributed by atoms with Gasteiger partial charge in [0.2, 0.25) is 5.91 Å². The smallest absolute Gasteiger partial charge is 0.254 e. The van der Waals surface area contributed by atoms with E-state index in [4.69, 9.17) is 0 Å². The number of hydrogen-bond donors (Lipinski definition) is 3. The molecule has 1 atom stereocenters. The van der Waals surface area contributed by atoms with Crippen LogP contribution in [0.15, 0.2) is 36.4 Å². The van der Waals surface area contributed by atoms with Gasteiger partial charge < -0.3 is 16.0 Å². The molecule has 6 heteroatoms. The molecule has 0 saturated heterocycles. The Hall–Kier alpha value is -2.73. The third-order valence-electron chi connectivity index (χ3n) is 5.02. The van der Waals surface area contributed by atoms with Crippen molar-refractivity contribution in [1.29, 1.82) is 0 Å². The van der Waals surface area contributed by atoms with Gasteiger partial charge in [0.15, 0.2) is 0 Å². The van der Waals surface area contributed by atoms with Crippen LogP contribution in [-0.4, -0.2) is 24.9 Å². The van der Waals surface area contributed by atoms with Gasteiger partial charge in [-0.1, -0.05) is 24.3 Å². The first-order valence-electron chi connectivity index (χ1n) is 8.83. The van der Waals surface area contributed by atoms with E-state index in [0.29, 0.717) is 25.1 Å². The summed E-state index contributed by atoms with van der Waals surface area (Å²) in [4.78, 5) is 23.9. The molecule has 0 saturated carbocycles. The third-order valence-corrected chi connectivity index (χ3v) is 5.02. The maximum atomic E-state index is 14.3. The zero-order valence-corrected chi connectivity index (χ0v) is 14.3. The first kappa shape index (κ1) is 16.7. The predicted octanol–water partition coefficient (Wildman–Crippen LogP) is 2.33. The molecule has 0 bridgehead atoms. The van der Waals surface area contributed by atoms with Crippen LogP contribution in [0.5, 0.6) is 0 Å². The molecule has 2 heterocycles. The van der Waals surface area contributed by atoms with Crippen molar-refractivity contribution in [3.8, 4) is 0 Å². The van der Waals surface area contributed by atoms with Gasteiger partial charge in [-0.3, -0.25) is 9.59 Å². The average molecular weight is 353 g/mol. The van der Waals surface area contributed by atoms with Crippen LogP contribution in [0, 0.1) is 5.82 Å². The summed E-state index contributed by atoms with van der Waals surface area (Å²) in [7, 11) is 0. The first-order valence-corrected chi connectivity index (χ1v) is 8.83. The van der Waals surface area contributed by atoms with E-state index >= 15 is 0 Å². The summed E-state index contributed by atoms with van der Waals surface area (Å²) in [6.45, 7) is 1.24. The molecule has 26 heavy (non-hydrogen) atoms. The zero-order valence-electron chi connectivity index (χ0n) is 14.3. The second-order valence-corrected chi connectivity index (χ2v) is 6.70. The van der Waals surface area contributed by atoms with Crippen LogP contribution in [0.3, 0.4) is 0 Å². The molecule has 0 radical (unpaired) electrons. The Kier molecular flexibility index (Phi) is 4.42. The molecular weight excluding hydrogens is 333 g/mol. The Labute approximate surface area is 151 Å². The second kappa shape index (κ2) is 6.88. The number of rotatable bonds is 3. The molecule has 0 aliphatic carbocycles. The molecule has 4 rings (SSSR count). The number of nitrogens with one attached hydrogen (secondary N) is 3. The van der Waals surface area contributed by atoms with E-state index in [1.165, 1.54) is 17.2 Å². The molecule has 2 aromatic carbocycles. The second-order valence-electron chi connectivity index (χ2n) is 6.70. The normalized spacial score (nSPS) is 18.5. The van der Waals surface area contributed by atoms with Gasteiger partial charge in [0.25, 0.3) is 5.91 Å². The van der Waals surface area contributed by atoms with Crippen molar-refractivity contribution in [3.05, 3.63) is 64.5 Å². The molecular formula is C20H20FN3O2. The highest BCUT2D eigenvalue weighted by atomic mass is 19.1. The van der Waals surface area contributed by atoms with Crippen molar-refractivity contribution in [2.75, 3.05) is 18.4 Å². The van der Waals surface area contributed by atoms with Crippen molar-refractivity contribution in [2.24, 2.45) is 0 Å². The van der Waals surface area contributed by atoms with E-state index in [2.05, 4.69) is 28.1 Å². The number of amides is 2. The zero-order chi connectivity index (χ0) is 18.1. The highest BCUT2D eigenvalue weighted by molar-refractivity contribution is 5.98. The highest BCUT2D eigenvalue weighted by Gasteiger charge is 2.23. The molecule has 2 aromatic rings. The average Bonchev–Trinajstić information content (AvgIpc) is 2.65. The Bertz CT molecular complexity index is 881. The van der Waals surface area contributed by atoms with Gasteiger partial charge >= 0.3 is 0 Å². The summed E-state index contributed by atoms with van der Waals surface area (Å²) >= 11 is 0. The van der Waals surface area contributed by atoms with Gasteiger partial charge in [0.1, 0.15) is 5.82 Å². The molecule has 0 spiro atoms. The quantitative estimate of drug-likeness (QED) is 0.793. The standard InChI is InChI=1S/C20H20FN3O2/c21-16-10-17-13(5-6-19(25)24-17)9-15(16)20(26)23-11-18-14-4-2-1-3-12(14)7-8-22-18/h1-4,9-10,18,22H,5-8,11H2,(H,23,26)(H,24,25). The van der Waals surface area contributed by atoms with Gasteiger partial charge in [0, 0.05) is 24.7 Å². The summed E-state index contributed by atoms with van der Waals surface area (Å²) in [5, 5.41) is 8.87. The topological polar surface area (TPSA) is 70.2 Å². The number of carbonyl (C=O) groups excluding carboxylic acids is 2. The third kappa shape index (κ3) is 3.20. The Morgan fingerprint density at radius 3 is 2.88 bits per heavy atom. The van der Waals surface area contributed by atoms with Crippen LogP contribution in [0.4, 0.5) is 10.1 Å². The summed E-state index contributed by atoms with van der Waals surface area (Å²) in [5.41, 5.74) is 3.72. The number of anilines is 1. The van der Waals surface area contributed by atoms with Crippen LogP contribution in [0.2, 0.25) is 0 Å². The fourth-order valence-electron chi connectivity index (χ4n) is 3.64. The Morgan fingerprint density at radius 2 is 2.00 bits per heavy atom. The minimum atomic E-state index is -0.625. The molecule has 3 N–H and O–H groups in total. The van der Waals surface area contributed by atoms with E-state index in [1.54, 1.807) is 6.07 Å². The Balaban J connectivity index is 1.49. The summed E-state index contributed by atoms with van der Waals surface area (Å²) in [6.07, 6.45) is 1.83. The van der Waals surface area contributed by atoms with Crippen molar-refractivity contribution in [1.82, 2.24) is 10.6 Å². The molecule has 134 valence electrons. The fraction of sp³-hybridized carbons (Fsp3) is 0.300. The van der Waals surface area contributed by atoms with E-state index in [1.807, 2.05) is 12.1 Å². The number of aryl methyl sites for hydroxylation is 1. The van der Waals surface area contributed by atoms with E-state index in [-0.39, 0.29) is 17.5 Å². The molecule has 2 amide bonds. The summed E-state index contributed by atoms with van der Waals surface area (Å²) in [6, 6.07) is 10.9.